The maximum Gasteiger partial charge on any atom is 0.130 e. The Morgan fingerprint density at radius 1 is 0.675 bits per heavy atom. The summed E-state index contributed by atoms with van der Waals surface area (Å²) in [6.07, 6.45) is 12.9. The molecule has 0 aliphatic heterocycles. The fourth-order valence-corrected chi connectivity index (χ4v) is 5.61. The molecule has 40 heavy (non-hydrogen) atoms. The van der Waals surface area contributed by atoms with Crippen LogP contribution in [-0.4, -0.2) is 9.78 Å². The van der Waals surface area contributed by atoms with Crippen LogP contribution in [-0.2, 0) is 13.2 Å². The van der Waals surface area contributed by atoms with Crippen LogP contribution in [0.1, 0.15) is 76.7 Å². The van der Waals surface area contributed by atoms with Gasteiger partial charge >= 0.3 is 0 Å². The van der Waals surface area contributed by atoms with E-state index in [-0.39, 0.29) is 0 Å². The lowest BCUT2D eigenvalue weighted by molar-refractivity contribution is 0.307. The summed E-state index contributed by atoms with van der Waals surface area (Å²) in [6.45, 7) is 3.53. The standard InChI is InChI=1S/C34H39Cl3N2O/c1-2-3-4-5-6-7-8-9-10-14-21-39-33(29-19-17-27(35)22-31(29)37)24-32(38-39)30-20-18-28(36)23-34(30)40-25-26-15-12-11-13-16-26/h11-13,15-20,22-24H,2-10,14,21,25H2,1H3. The molecule has 0 bridgehead atoms. The van der Waals surface area contributed by atoms with E-state index in [0.29, 0.717) is 27.4 Å². The molecule has 4 aromatic rings. The van der Waals surface area contributed by atoms with Gasteiger partial charge in [-0.3, -0.25) is 4.68 Å². The number of hydrogen-bond acceptors (Lipinski definition) is 2. The summed E-state index contributed by atoms with van der Waals surface area (Å²) in [5.41, 5.74) is 4.70. The van der Waals surface area contributed by atoms with E-state index in [1.165, 1.54) is 57.8 Å². The molecular formula is C34H39Cl3N2O. The van der Waals surface area contributed by atoms with Crippen molar-refractivity contribution in [2.24, 2.45) is 0 Å². The Balaban J connectivity index is 1.49. The third-order valence-electron chi connectivity index (χ3n) is 7.17. The molecule has 0 atom stereocenters. The molecule has 0 aliphatic carbocycles. The van der Waals surface area contributed by atoms with E-state index in [1.54, 1.807) is 6.07 Å². The van der Waals surface area contributed by atoms with Crippen molar-refractivity contribution >= 4 is 34.8 Å². The highest BCUT2D eigenvalue weighted by molar-refractivity contribution is 6.36. The Labute approximate surface area is 254 Å². The number of halogens is 3. The molecule has 0 unspecified atom stereocenters. The van der Waals surface area contributed by atoms with Crippen LogP contribution in [0.5, 0.6) is 5.75 Å². The first-order valence-electron chi connectivity index (χ1n) is 14.5. The lowest BCUT2D eigenvalue weighted by Crippen LogP contribution is -2.03. The lowest BCUT2D eigenvalue weighted by Gasteiger charge is -2.11. The zero-order valence-corrected chi connectivity index (χ0v) is 25.6. The minimum Gasteiger partial charge on any atom is -0.488 e. The molecule has 3 aromatic carbocycles. The van der Waals surface area contributed by atoms with Crippen molar-refractivity contribution in [3.63, 3.8) is 0 Å². The average molecular weight is 598 g/mol. The number of aryl methyl sites for hydroxylation is 1. The summed E-state index contributed by atoms with van der Waals surface area (Å²) in [4.78, 5) is 0. The second-order valence-corrected chi connectivity index (χ2v) is 11.6. The van der Waals surface area contributed by atoms with E-state index in [2.05, 4.69) is 17.7 Å². The van der Waals surface area contributed by atoms with Crippen molar-refractivity contribution in [1.82, 2.24) is 9.78 Å². The lowest BCUT2D eigenvalue weighted by atomic mass is 10.1. The average Bonchev–Trinajstić information content (AvgIpc) is 3.37. The molecule has 1 heterocycles. The second kappa shape index (κ2) is 16.1. The summed E-state index contributed by atoms with van der Waals surface area (Å²) in [5, 5.41) is 6.89. The fourth-order valence-electron chi connectivity index (χ4n) is 4.94. The maximum absolute atomic E-state index is 6.66. The number of unbranched alkanes of at least 4 members (excludes halogenated alkanes) is 9. The molecule has 0 radical (unpaired) electrons. The van der Waals surface area contributed by atoms with Crippen LogP contribution in [0, 0.1) is 0 Å². The smallest absolute Gasteiger partial charge is 0.130 e. The predicted octanol–water partition coefficient (Wildman–Crippen LogP) is 11.7. The molecule has 0 fully saturated rings. The van der Waals surface area contributed by atoms with Gasteiger partial charge in [-0.05, 0) is 54.4 Å². The third kappa shape index (κ3) is 9.03. The number of ether oxygens (including phenoxy) is 1. The summed E-state index contributed by atoms with van der Waals surface area (Å²) in [6, 6.07) is 23.5. The van der Waals surface area contributed by atoms with Crippen LogP contribution < -0.4 is 4.74 Å². The van der Waals surface area contributed by atoms with Gasteiger partial charge in [0, 0.05) is 27.7 Å². The van der Waals surface area contributed by atoms with Crippen LogP contribution >= 0.6 is 34.8 Å². The van der Waals surface area contributed by atoms with Crippen LogP contribution in [0.3, 0.4) is 0 Å². The second-order valence-electron chi connectivity index (χ2n) is 10.4. The molecule has 0 saturated carbocycles. The molecule has 0 saturated heterocycles. The molecular weight excluding hydrogens is 559 g/mol. The van der Waals surface area contributed by atoms with Gasteiger partial charge in [-0.1, -0.05) is 130 Å². The van der Waals surface area contributed by atoms with Gasteiger partial charge in [0.05, 0.1) is 16.4 Å². The quantitative estimate of drug-likeness (QED) is 0.120. The van der Waals surface area contributed by atoms with E-state index in [1.807, 2.05) is 60.7 Å². The highest BCUT2D eigenvalue weighted by Gasteiger charge is 2.17. The van der Waals surface area contributed by atoms with Crippen molar-refractivity contribution < 1.29 is 4.74 Å². The van der Waals surface area contributed by atoms with E-state index in [9.17, 15) is 0 Å². The number of benzene rings is 3. The topological polar surface area (TPSA) is 27.1 Å². The predicted molar refractivity (Wildman–Crippen MR) is 171 cm³/mol. The van der Waals surface area contributed by atoms with Gasteiger partial charge in [0.2, 0.25) is 0 Å². The van der Waals surface area contributed by atoms with Gasteiger partial charge in [-0.25, -0.2) is 0 Å². The number of rotatable bonds is 16. The number of nitrogens with zero attached hydrogens (tertiary/aromatic N) is 2. The molecule has 0 aliphatic rings. The zero-order valence-electron chi connectivity index (χ0n) is 23.4. The van der Waals surface area contributed by atoms with E-state index < -0.39 is 0 Å². The van der Waals surface area contributed by atoms with Crippen LogP contribution in [0.15, 0.2) is 72.8 Å². The van der Waals surface area contributed by atoms with E-state index in [0.717, 1.165) is 41.0 Å². The first-order valence-corrected chi connectivity index (χ1v) is 15.7. The normalized spacial score (nSPS) is 11.2. The summed E-state index contributed by atoms with van der Waals surface area (Å²) >= 11 is 19.2. The fraction of sp³-hybridized carbons (Fsp3) is 0.382. The van der Waals surface area contributed by atoms with Crippen molar-refractivity contribution in [3.8, 4) is 28.3 Å². The monoisotopic (exact) mass is 596 g/mol. The molecule has 0 spiro atoms. The third-order valence-corrected chi connectivity index (χ3v) is 7.95. The van der Waals surface area contributed by atoms with Crippen LogP contribution in [0.25, 0.3) is 22.5 Å². The minimum atomic E-state index is 0.448. The first-order chi connectivity index (χ1) is 19.5. The van der Waals surface area contributed by atoms with Gasteiger partial charge in [-0.15, -0.1) is 0 Å². The van der Waals surface area contributed by atoms with Gasteiger partial charge in [0.1, 0.15) is 12.4 Å². The summed E-state index contributed by atoms with van der Waals surface area (Å²) < 4.78 is 8.32. The minimum absolute atomic E-state index is 0.448. The molecule has 6 heteroatoms. The van der Waals surface area contributed by atoms with Crippen molar-refractivity contribution in [2.45, 2.75) is 84.3 Å². The SMILES string of the molecule is CCCCCCCCCCCCn1nc(-c2ccc(Cl)cc2OCc2ccccc2)cc1-c1ccc(Cl)cc1Cl. The Kier molecular flexibility index (Phi) is 12.3. The van der Waals surface area contributed by atoms with E-state index in [4.69, 9.17) is 44.6 Å². The largest absolute Gasteiger partial charge is 0.488 e. The van der Waals surface area contributed by atoms with Crippen LogP contribution in [0.4, 0.5) is 0 Å². The highest BCUT2D eigenvalue weighted by atomic mass is 35.5. The molecule has 1 aromatic heterocycles. The van der Waals surface area contributed by atoms with Crippen molar-refractivity contribution in [3.05, 3.63) is 93.4 Å². The first kappa shape index (κ1) is 30.5. The highest BCUT2D eigenvalue weighted by Crippen LogP contribution is 2.37. The number of hydrogen-bond donors (Lipinski definition) is 0. The zero-order chi connectivity index (χ0) is 28.2. The summed E-state index contributed by atoms with van der Waals surface area (Å²) in [7, 11) is 0. The Morgan fingerprint density at radius 3 is 1.98 bits per heavy atom. The molecule has 3 nitrogen and oxygen atoms in total. The number of aromatic nitrogens is 2. The van der Waals surface area contributed by atoms with Gasteiger partial charge in [0.25, 0.3) is 0 Å². The molecule has 4 rings (SSSR count). The Bertz CT molecular complexity index is 1340. The van der Waals surface area contributed by atoms with Crippen molar-refractivity contribution in [2.75, 3.05) is 0 Å². The van der Waals surface area contributed by atoms with Gasteiger partial charge < -0.3 is 4.74 Å². The van der Waals surface area contributed by atoms with Gasteiger partial charge in [-0.2, -0.15) is 5.10 Å². The molecule has 0 N–H and O–H groups in total. The van der Waals surface area contributed by atoms with E-state index >= 15 is 0 Å². The Hall–Kier alpha value is -2.46. The van der Waals surface area contributed by atoms with Crippen LogP contribution in [0.2, 0.25) is 15.1 Å². The van der Waals surface area contributed by atoms with Gasteiger partial charge in [0.15, 0.2) is 0 Å². The molecule has 0 amide bonds. The van der Waals surface area contributed by atoms with Crippen molar-refractivity contribution in [1.29, 1.82) is 0 Å². The summed E-state index contributed by atoms with van der Waals surface area (Å²) in [5.74, 6) is 0.702. The Morgan fingerprint density at radius 2 is 1.30 bits per heavy atom. The maximum atomic E-state index is 6.66. The molecule has 212 valence electrons.